The Bertz CT molecular complexity index is 245. The van der Waals surface area contributed by atoms with Crippen LogP contribution in [0, 0.1) is 0 Å². The van der Waals surface area contributed by atoms with Gasteiger partial charge in [0.1, 0.15) is 0 Å². The van der Waals surface area contributed by atoms with E-state index in [1.807, 2.05) is 0 Å². The number of aliphatic hydroxyl groups excluding tert-OH is 1. The minimum atomic E-state index is -0.310. The molecule has 86 valence electrons. The van der Waals surface area contributed by atoms with Crippen LogP contribution in [0.1, 0.15) is 32.6 Å². The monoisotopic (exact) mass is 212 g/mol. The Hall–Kier alpha value is -0.610. The van der Waals surface area contributed by atoms with E-state index < -0.39 is 0 Å². The Kier molecular flexibility index (Phi) is 3.26. The Balaban J connectivity index is 1.89. The summed E-state index contributed by atoms with van der Waals surface area (Å²) in [6.07, 6.45) is 3.65. The van der Waals surface area contributed by atoms with Crippen LogP contribution >= 0.6 is 0 Å². The highest BCUT2D eigenvalue weighted by Crippen LogP contribution is 2.17. The number of amides is 1. The molecule has 2 aliphatic heterocycles. The van der Waals surface area contributed by atoms with Crippen LogP contribution in [0.5, 0.6) is 0 Å². The average molecular weight is 212 g/mol. The van der Waals surface area contributed by atoms with Crippen molar-refractivity contribution in [1.29, 1.82) is 0 Å². The van der Waals surface area contributed by atoms with Gasteiger partial charge in [-0.15, -0.1) is 0 Å². The third-order valence-corrected chi connectivity index (χ3v) is 3.39. The lowest BCUT2D eigenvalue weighted by Gasteiger charge is -2.30. The summed E-state index contributed by atoms with van der Waals surface area (Å²) in [6, 6.07) is 0.430. The van der Waals surface area contributed by atoms with E-state index in [1.165, 1.54) is 0 Å². The van der Waals surface area contributed by atoms with Gasteiger partial charge in [0.2, 0.25) is 5.91 Å². The van der Waals surface area contributed by atoms with E-state index in [-0.39, 0.29) is 18.1 Å². The second-order valence-corrected chi connectivity index (χ2v) is 4.78. The molecule has 2 saturated heterocycles. The predicted octanol–water partition coefficient (Wildman–Crippen LogP) is 0.110. The van der Waals surface area contributed by atoms with Gasteiger partial charge in [-0.05, 0) is 32.6 Å². The smallest absolute Gasteiger partial charge is 0.239 e. The first-order valence-corrected chi connectivity index (χ1v) is 5.89. The normalized spacial score (nSPS) is 36.9. The van der Waals surface area contributed by atoms with Crippen LogP contribution < -0.4 is 5.32 Å². The van der Waals surface area contributed by atoms with Crippen LogP contribution in [0.2, 0.25) is 0 Å². The van der Waals surface area contributed by atoms with Gasteiger partial charge in [-0.25, -0.2) is 0 Å². The van der Waals surface area contributed by atoms with Gasteiger partial charge in [-0.1, -0.05) is 0 Å². The van der Waals surface area contributed by atoms with Crippen LogP contribution in [-0.4, -0.2) is 47.2 Å². The second-order valence-electron chi connectivity index (χ2n) is 4.78. The summed E-state index contributed by atoms with van der Waals surface area (Å²) in [5.41, 5.74) is 0. The van der Waals surface area contributed by atoms with Crippen molar-refractivity contribution in [3.63, 3.8) is 0 Å². The van der Waals surface area contributed by atoms with Crippen LogP contribution in [0.25, 0.3) is 0 Å². The first-order valence-electron chi connectivity index (χ1n) is 5.89. The minimum absolute atomic E-state index is 0.0148. The molecule has 0 bridgehead atoms. The summed E-state index contributed by atoms with van der Waals surface area (Å²) in [5.74, 6) is 0.179. The fraction of sp³-hybridized carbons (Fsp3) is 0.909. The first kappa shape index (κ1) is 10.9. The Morgan fingerprint density at radius 2 is 2.20 bits per heavy atom. The zero-order valence-corrected chi connectivity index (χ0v) is 9.28. The molecule has 2 fully saturated rings. The van der Waals surface area contributed by atoms with Crippen molar-refractivity contribution in [2.24, 2.45) is 0 Å². The molecule has 2 N–H and O–H groups in total. The van der Waals surface area contributed by atoms with Crippen molar-refractivity contribution in [1.82, 2.24) is 10.2 Å². The van der Waals surface area contributed by atoms with E-state index >= 15 is 0 Å². The van der Waals surface area contributed by atoms with E-state index in [2.05, 4.69) is 12.2 Å². The van der Waals surface area contributed by atoms with Gasteiger partial charge < -0.3 is 15.3 Å². The molecule has 3 atom stereocenters. The molecule has 0 aliphatic carbocycles. The number of nitrogens with one attached hydrogen (secondary N) is 1. The molecule has 0 radical (unpaired) electrons. The molecule has 0 aromatic heterocycles. The molecule has 0 spiro atoms. The van der Waals surface area contributed by atoms with Gasteiger partial charge in [0.25, 0.3) is 0 Å². The highest BCUT2D eigenvalue weighted by molar-refractivity contribution is 5.82. The van der Waals surface area contributed by atoms with Crippen LogP contribution in [0.15, 0.2) is 0 Å². The highest BCUT2D eigenvalue weighted by atomic mass is 16.3. The van der Waals surface area contributed by atoms with Gasteiger partial charge in [-0.3, -0.25) is 4.79 Å². The van der Waals surface area contributed by atoms with Crippen molar-refractivity contribution >= 4 is 5.91 Å². The van der Waals surface area contributed by atoms with Gasteiger partial charge in [0.15, 0.2) is 0 Å². The zero-order valence-electron chi connectivity index (χ0n) is 9.28. The third-order valence-electron chi connectivity index (χ3n) is 3.39. The SMILES string of the molecule is CC1CCCC(C(=O)N2CCC(O)C2)N1. The van der Waals surface area contributed by atoms with Gasteiger partial charge in [0, 0.05) is 19.1 Å². The fourth-order valence-electron chi connectivity index (χ4n) is 2.50. The van der Waals surface area contributed by atoms with Crippen molar-refractivity contribution in [3.05, 3.63) is 0 Å². The molecule has 2 rings (SSSR count). The number of carbonyl (C=O) groups excluding carboxylic acids is 1. The Morgan fingerprint density at radius 1 is 1.40 bits per heavy atom. The maximum absolute atomic E-state index is 12.0. The van der Waals surface area contributed by atoms with E-state index in [0.29, 0.717) is 19.1 Å². The van der Waals surface area contributed by atoms with Gasteiger partial charge >= 0.3 is 0 Å². The van der Waals surface area contributed by atoms with Crippen LogP contribution in [0.4, 0.5) is 0 Å². The Labute approximate surface area is 90.6 Å². The summed E-state index contributed by atoms with van der Waals surface area (Å²) in [7, 11) is 0. The van der Waals surface area contributed by atoms with Crippen LogP contribution in [0.3, 0.4) is 0 Å². The summed E-state index contributed by atoms with van der Waals surface area (Å²) >= 11 is 0. The molecule has 4 nitrogen and oxygen atoms in total. The number of piperidine rings is 1. The molecule has 0 aromatic carbocycles. The van der Waals surface area contributed by atoms with Crippen molar-refractivity contribution in [2.75, 3.05) is 13.1 Å². The van der Waals surface area contributed by atoms with Crippen molar-refractivity contribution < 1.29 is 9.90 Å². The second kappa shape index (κ2) is 4.49. The summed E-state index contributed by atoms with van der Waals surface area (Å²) in [4.78, 5) is 13.8. The zero-order chi connectivity index (χ0) is 10.8. The quantitative estimate of drug-likeness (QED) is 0.648. The van der Waals surface area contributed by atoms with Crippen molar-refractivity contribution in [3.8, 4) is 0 Å². The highest BCUT2D eigenvalue weighted by Gasteiger charge is 2.31. The average Bonchev–Trinajstić information content (AvgIpc) is 2.64. The third kappa shape index (κ3) is 2.49. The molecule has 3 unspecified atom stereocenters. The fourth-order valence-corrected chi connectivity index (χ4v) is 2.50. The largest absolute Gasteiger partial charge is 0.391 e. The molecule has 2 aliphatic rings. The molecular weight excluding hydrogens is 192 g/mol. The number of likely N-dealkylation sites (tertiary alicyclic amines) is 1. The maximum atomic E-state index is 12.0. The number of carbonyl (C=O) groups is 1. The molecule has 0 aromatic rings. The number of rotatable bonds is 1. The van der Waals surface area contributed by atoms with E-state index in [1.54, 1.807) is 4.90 Å². The number of hydrogen-bond acceptors (Lipinski definition) is 3. The van der Waals surface area contributed by atoms with E-state index in [0.717, 1.165) is 25.7 Å². The molecule has 2 heterocycles. The lowest BCUT2D eigenvalue weighted by molar-refractivity contribution is -0.133. The summed E-state index contributed by atoms with van der Waals surface area (Å²) in [6.45, 7) is 3.36. The minimum Gasteiger partial charge on any atom is -0.391 e. The molecule has 4 heteroatoms. The van der Waals surface area contributed by atoms with Gasteiger partial charge in [0.05, 0.1) is 12.1 Å². The summed E-state index contributed by atoms with van der Waals surface area (Å²) < 4.78 is 0. The molecule has 15 heavy (non-hydrogen) atoms. The van der Waals surface area contributed by atoms with E-state index in [9.17, 15) is 9.90 Å². The summed E-state index contributed by atoms with van der Waals surface area (Å²) in [5, 5.41) is 12.7. The molecule has 0 saturated carbocycles. The standard InChI is InChI=1S/C11H20N2O2/c1-8-3-2-4-10(12-8)11(15)13-6-5-9(14)7-13/h8-10,12,14H,2-7H2,1H3. The number of aliphatic hydroxyl groups is 1. The number of nitrogens with zero attached hydrogens (tertiary/aromatic N) is 1. The molecule has 1 amide bonds. The lowest BCUT2D eigenvalue weighted by atomic mass is 9.99. The Morgan fingerprint density at radius 3 is 2.80 bits per heavy atom. The van der Waals surface area contributed by atoms with E-state index in [4.69, 9.17) is 0 Å². The van der Waals surface area contributed by atoms with Crippen LogP contribution in [-0.2, 0) is 4.79 Å². The first-order chi connectivity index (χ1) is 7.16. The van der Waals surface area contributed by atoms with Crippen molar-refractivity contribution in [2.45, 2.75) is 50.8 Å². The number of hydrogen-bond donors (Lipinski definition) is 2. The molecular formula is C11H20N2O2. The van der Waals surface area contributed by atoms with Gasteiger partial charge in [-0.2, -0.15) is 0 Å². The lowest BCUT2D eigenvalue weighted by Crippen LogP contribution is -2.51. The predicted molar refractivity (Wildman–Crippen MR) is 57.4 cm³/mol. The number of β-amino-alcohol motifs (C(OH)–C–C–N with tert-alkyl or cyclic N) is 1. The topological polar surface area (TPSA) is 52.6 Å². The maximum Gasteiger partial charge on any atom is 0.239 e.